The summed E-state index contributed by atoms with van der Waals surface area (Å²) in [4.78, 5) is 17.1. The zero-order valence-corrected chi connectivity index (χ0v) is 16.4. The van der Waals surface area contributed by atoms with E-state index in [2.05, 4.69) is 26.2 Å². The van der Waals surface area contributed by atoms with Gasteiger partial charge in [0.05, 0.1) is 6.54 Å². The Labute approximate surface area is 158 Å². The van der Waals surface area contributed by atoms with Crippen molar-refractivity contribution in [1.29, 1.82) is 0 Å². The number of amides is 1. The molecule has 0 fully saturated rings. The molecule has 0 saturated carbocycles. The summed E-state index contributed by atoms with van der Waals surface area (Å²) in [5, 5.41) is 2.99. The Morgan fingerprint density at radius 1 is 1.33 bits per heavy atom. The van der Waals surface area contributed by atoms with Crippen molar-refractivity contribution in [2.75, 3.05) is 17.6 Å². The third-order valence-electron chi connectivity index (χ3n) is 3.59. The van der Waals surface area contributed by atoms with Gasteiger partial charge in [0, 0.05) is 27.2 Å². The number of hydrogen-bond donors (Lipinski definition) is 1. The first kappa shape index (κ1) is 17.6. The van der Waals surface area contributed by atoms with Crippen molar-refractivity contribution < 1.29 is 4.79 Å². The Morgan fingerprint density at radius 2 is 2.17 bits per heavy atom. The molecule has 0 unspecified atom stereocenters. The van der Waals surface area contributed by atoms with Gasteiger partial charge in [0.2, 0.25) is 0 Å². The highest BCUT2D eigenvalue weighted by Crippen LogP contribution is 2.27. The lowest BCUT2D eigenvalue weighted by Crippen LogP contribution is -2.14. The standard InChI is InChI=1S/C18H17BrN2OS2/c1-12-10-14(6-7-16(12)19)21-17(22)15-5-3-2-4-13(15)11-24-18-20-8-9-23-18/h2-7,10H,8-9,11H2,1H3,(H,21,22). The predicted octanol–water partition coefficient (Wildman–Crippen LogP) is 5.35. The summed E-state index contributed by atoms with van der Waals surface area (Å²) in [6.07, 6.45) is 0. The molecule has 1 aliphatic heterocycles. The van der Waals surface area contributed by atoms with Gasteiger partial charge in [-0.05, 0) is 42.3 Å². The van der Waals surface area contributed by atoms with E-state index >= 15 is 0 Å². The van der Waals surface area contributed by atoms with Crippen molar-refractivity contribution in [2.24, 2.45) is 4.99 Å². The molecule has 1 N–H and O–H groups in total. The summed E-state index contributed by atoms with van der Waals surface area (Å²) in [6.45, 7) is 2.91. The van der Waals surface area contributed by atoms with Crippen LogP contribution in [-0.4, -0.2) is 22.6 Å². The van der Waals surface area contributed by atoms with Gasteiger partial charge in [0.25, 0.3) is 5.91 Å². The van der Waals surface area contributed by atoms with E-state index in [1.165, 1.54) is 0 Å². The average Bonchev–Trinajstić information content (AvgIpc) is 3.10. The summed E-state index contributed by atoms with van der Waals surface area (Å²) >= 11 is 6.97. The molecule has 2 aromatic rings. The van der Waals surface area contributed by atoms with Crippen LogP contribution in [0.4, 0.5) is 5.69 Å². The van der Waals surface area contributed by atoms with Crippen LogP contribution in [0, 0.1) is 6.92 Å². The molecule has 0 aliphatic carbocycles. The lowest BCUT2D eigenvalue weighted by Gasteiger charge is -2.11. The second kappa shape index (κ2) is 8.23. The molecule has 1 amide bonds. The first-order valence-corrected chi connectivity index (χ1v) is 10.4. The minimum absolute atomic E-state index is 0.0751. The molecule has 0 radical (unpaired) electrons. The van der Waals surface area contributed by atoms with E-state index in [1.54, 1.807) is 23.5 Å². The van der Waals surface area contributed by atoms with Crippen LogP contribution < -0.4 is 5.32 Å². The van der Waals surface area contributed by atoms with Crippen molar-refractivity contribution in [3.05, 3.63) is 63.6 Å². The Bertz CT molecular complexity index is 792. The lowest BCUT2D eigenvalue weighted by atomic mass is 10.1. The number of benzene rings is 2. The van der Waals surface area contributed by atoms with Crippen LogP contribution in [0.5, 0.6) is 0 Å². The summed E-state index contributed by atoms with van der Waals surface area (Å²) in [5.41, 5.74) is 3.64. The minimum atomic E-state index is -0.0751. The van der Waals surface area contributed by atoms with Gasteiger partial charge in [-0.2, -0.15) is 0 Å². The number of nitrogens with one attached hydrogen (secondary N) is 1. The number of nitrogens with zero attached hydrogens (tertiary/aromatic N) is 1. The van der Waals surface area contributed by atoms with Crippen molar-refractivity contribution in [2.45, 2.75) is 12.7 Å². The van der Waals surface area contributed by atoms with Crippen molar-refractivity contribution in [3.8, 4) is 0 Å². The van der Waals surface area contributed by atoms with Crippen LogP contribution >= 0.6 is 39.5 Å². The number of rotatable bonds is 4. The van der Waals surface area contributed by atoms with E-state index in [4.69, 9.17) is 0 Å². The van der Waals surface area contributed by atoms with Gasteiger partial charge >= 0.3 is 0 Å². The Morgan fingerprint density at radius 3 is 2.92 bits per heavy atom. The van der Waals surface area contributed by atoms with E-state index in [-0.39, 0.29) is 5.91 Å². The molecule has 124 valence electrons. The van der Waals surface area contributed by atoms with Crippen LogP contribution in [0.1, 0.15) is 21.5 Å². The maximum absolute atomic E-state index is 12.7. The number of carbonyl (C=O) groups excluding carboxylic acids is 1. The molecule has 3 nitrogen and oxygen atoms in total. The highest BCUT2D eigenvalue weighted by atomic mass is 79.9. The van der Waals surface area contributed by atoms with E-state index in [9.17, 15) is 4.79 Å². The molecular formula is C18H17BrN2OS2. The van der Waals surface area contributed by atoms with Crippen LogP contribution in [-0.2, 0) is 5.75 Å². The number of anilines is 1. The predicted molar refractivity (Wildman–Crippen MR) is 109 cm³/mol. The minimum Gasteiger partial charge on any atom is -0.322 e. The van der Waals surface area contributed by atoms with Crippen molar-refractivity contribution in [3.63, 3.8) is 0 Å². The van der Waals surface area contributed by atoms with Crippen molar-refractivity contribution >= 4 is 55.4 Å². The molecule has 0 spiro atoms. The fourth-order valence-corrected chi connectivity index (χ4v) is 4.59. The number of aliphatic imine (C=N–C) groups is 1. The van der Waals surface area contributed by atoms with E-state index in [0.29, 0.717) is 5.56 Å². The van der Waals surface area contributed by atoms with Crippen molar-refractivity contribution in [1.82, 2.24) is 0 Å². The smallest absolute Gasteiger partial charge is 0.255 e. The van der Waals surface area contributed by atoms with E-state index in [1.807, 2.05) is 49.4 Å². The van der Waals surface area contributed by atoms with Crippen LogP contribution in [0.2, 0.25) is 0 Å². The normalized spacial score (nSPS) is 13.7. The second-order valence-corrected chi connectivity index (χ2v) is 8.52. The molecule has 24 heavy (non-hydrogen) atoms. The third kappa shape index (κ3) is 4.43. The molecule has 0 bridgehead atoms. The maximum atomic E-state index is 12.7. The quantitative estimate of drug-likeness (QED) is 0.724. The summed E-state index contributed by atoms with van der Waals surface area (Å²) in [7, 11) is 0. The number of carbonyl (C=O) groups is 1. The molecule has 0 saturated heterocycles. The zero-order valence-electron chi connectivity index (χ0n) is 13.2. The highest BCUT2D eigenvalue weighted by molar-refractivity contribution is 9.10. The summed E-state index contributed by atoms with van der Waals surface area (Å²) < 4.78 is 2.15. The molecule has 2 aromatic carbocycles. The average molecular weight is 421 g/mol. The Kier molecular flexibility index (Phi) is 6.03. The first-order chi connectivity index (χ1) is 11.6. The molecular weight excluding hydrogens is 404 g/mol. The van der Waals surface area contributed by atoms with Gasteiger partial charge in [-0.15, -0.1) is 0 Å². The molecule has 1 heterocycles. The number of hydrogen-bond acceptors (Lipinski definition) is 4. The number of thioether (sulfide) groups is 2. The van der Waals surface area contributed by atoms with Gasteiger partial charge in [0.15, 0.2) is 0 Å². The van der Waals surface area contributed by atoms with Gasteiger partial charge in [-0.3, -0.25) is 9.79 Å². The SMILES string of the molecule is Cc1cc(NC(=O)c2ccccc2CSC2=NCCS2)ccc1Br. The number of aryl methyl sites for hydroxylation is 1. The topological polar surface area (TPSA) is 41.5 Å². The van der Waals surface area contributed by atoms with Crippen LogP contribution in [0.15, 0.2) is 51.9 Å². The largest absolute Gasteiger partial charge is 0.322 e. The van der Waals surface area contributed by atoms with Crippen LogP contribution in [0.3, 0.4) is 0 Å². The summed E-state index contributed by atoms with van der Waals surface area (Å²) in [5.74, 6) is 1.75. The maximum Gasteiger partial charge on any atom is 0.255 e. The van der Waals surface area contributed by atoms with E-state index in [0.717, 1.165) is 43.7 Å². The summed E-state index contributed by atoms with van der Waals surface area (Å²) in [6, 6.07) is 13.6. The molecule has 3 rings (SSSR count). The van der Waals surface area contributed by atoms with Gasteiger partial charge < -0.3 is 5.32 Å². The number of halogens is 1. The van der Waals surface area contributed by atoms with Gasteiger partial charge in [-0.25, -0.2) is 0 Å². The Hall–Kier alpha value is -1.24. The monoisotopic (exact) mass is 420 g/mol. The molecule has 0 aromatic heterocycles. The zero-order chi connectivity index (χ0) is 16.9. The van der Waals surface area contributed by atoms with Gasteiger partial charge in [-0.1, -0.05) is 57.7 Å². The third-order valence-corrected chi connectivity index (χ3v) is 6.78. The fourth-order valence-electron chi connectivity index (χ4n) is 2.33. The molecule has 0 atom stereocenters. The highest BCUT2D eigenvalue weighted by Gasteiger charge is 2.14. The first-order valence-electron chi connectivity index (χ1n) is 7.59. The lowest BCUT2D eigenvalue weighted by molar-refractivity contribution is 0.102. The van der Waals surface area contributed by atoms with Crippen LogP contribution in [0.25, 0.3) is 0 Å². The Balaban J connectivity index is 1.73. The fraction of sp³-hybridized carbons (Fsp3) is 0.222. The van der Waals surface area contributed by atoms with E-state index < -0.39 is 0 Å². The second-order valence-electron chi connectivity index (χ2n) is 5.36. The molecule has 6 heteroatoms. The van der Waals surface area contributed by atoms with Gasteiger partial charge in [0.1, 0.15) is 4.38 Å². The molecule has 1 aliphatic rings.